The molecule has 1 N–H and O–H groups in total. The number of piperidine rings is 1. The summed E-state index contributed by atoms with van der Waals surface area (Å²) < 4.78 is 5.46. The van der Waals surface area contributed by atoms with E-state index < -0.39 is 17.0 Å². The molecule has 0 unspecified atom stereocenters. The second-order valence-electron chi connectivity index (χ2n) is 5.88. The minimum Gasteiger partial charge on any atom is -0.465 e. The molecule has 1 aromatic rings. The van der Waals surface area contributed by atoms with E-state index in [0.29, 0.717) is 12.8 Å². The van der Waals surface area contributed by atoms with Crippen LogP contribution < -0.4 is 0 Å². The molecule has 1 aromatic carbocycles. The summed E-state index contributed by atoms with van der Waals surface area (Å²) in [5.74, 6) is -0.534. The molecule has 3 rings (SSSR count). The van der Waals surface area contributed by atoms with Crippen LogP contribution in [0.1, 0.15) is 36.0 Å². The first-order valence-electron chi connectivity index (χ1n) is 7.42. The van der Waals surface area contributed by atoms with E-state index in [1.54, 1.807) is 0 Å². The fraction of sp³-hybridized carbons (Fsp3) is 0.467. The van der Waals surface area contributed by atoms with Crippen LogP contribution in [0.4, 0.5) is 10.5 Å². The molecule has 1 amide bonds. The van der Waals surface area contributed by atoms with Crippen LogP contribution in [0.15, 0.2) is 24.3 Å². The average Bonchev–Trinajstić information content (AvgIpc) is 2.79. The summed E-state index contributed by atoms with van der Waals surface area (Å²) in [5, 5.41) is 19.8. The molecule has 2 bridgehead atoms. The Labute approximate surface area is 131 Å². The summed E-state index contributed by atoms with van der Waals surface area (Å²) in [4.78, 5) is 34.9. The number of ether oxygens (including phenoxy) is 1. The number of carbonyl (C=O) groups is 2. The average molecular weight is 320 g/mol. The normalized spacial score (nSPS) is 25.9. The molecular formula is C15H16N2O6. The van der Waals surface area contributed by atoms with Crippen LogP contribution in [0.25, 0.3) is 0 Å². The number of fused-ring (bicyclic) bond motifs is 2. The molecule has 8 heteroatoms. The predicted molar refractivity (Wildman–Crippen MR) is 78.2 cm³/mol. The number of benzene rings is 1. The summed E-state index contributed by atoms with van der Waals surface area (Å²) in [7, 11) is 0. The van der Waals surface area contributed by atoms with Gasteiger partial charge >= 0.3 is 12.1 Å². The van der Waals surface area contributed by atoms with E-state index >= 15 is 0 Å². The number of nitro benzene ring substituents is 1. The van der Waals surface area contributed by atoms with Crippen molar-refractivity contribution in [3.63, 3.8) is 0 Å². The molecule has 2 heterocycles. The maximum Gasteiger partial charge on any atom is 0.407 e. The van der Waals surface area contributed by atoms with Crippen molar-refractivity contribution >= 4 is 17.7 Å². The third kappa shape index (κ3) is 2.96. The first-order chi connectivity index (χ1) is 11.0. The number of hydrogen-bond acceptors (Lipinski definition) is 5. The highest BCUT2D eigenvalue weighted by Gasteiger charge is 2.44. The Morgan fingerprint density at radius 2 is 1.74 bits per heavy atom. The maximum atomic E-state index is 12.1. The van der Waals surface area contributed by atoms with Crippen molar-refractivity contribution in [1.29, 1.82) is 0 Å². The second-order valence-corrected chi connectivity index (χ2v) is 5.88. The molecular weight excluding hydrogens is 304 g/mol. The molecule has 8 nitrogen and oxygen atoms in total. The van der Waals surface area contributed by atoms with Gasteiger partial charge < -0.3 is 14.7 Å². The molecule has 2 saturated heterocycles. The predicted octanol–water partition coefficient (Wildman–Crippen LogP) is 2.43. The summed E-state index contributed by atoms with van der Waals surface area (Å²) in [6, 6.07) is 5.05. The number of carbonyl (C=O) groups excluding carboxylic acids is 1. The topological polar surface area (TPSA) is 110 Å². The van der Waals surface area contributed by atoms with E-state index in [2.05, 4.69) is 0 Å². The zero-order valence-corrected chi connectivity index (χ0v) is 12.3. The van der Waals surface area contributed by atoms with Crippen LogP contribution in [-0.2, 0) is 4.74 Å². The van der Waals surface area contributed by atoms with Crippen molar-refractivity contribution in [2.75, 3.05) is 0 Å². The van der Waals surface area contributed by atoms with Crippen LogP contribution in [-0.4, -0.2) is 45.2 Å². The lowest BCUT2D eigenvalue weighted by molar-refractivity contribution is -0.384. The number of nitro groups is 1. The Balaban J connectivity index is 1.63. The third-order valence-electron chi connectivity index (χ3n) is 4.50. The van der Waals surface area contributed by atoms with Gasteiger partial charge in [0.15, 0.2) is 0 Å². The van der Waals surface area contributed by atoms with Crippen LogP contribution in [0.2, 0.25) is 0 Å². The number of esters is 1. The number of non-ortho nitro benzene ring substituents is 1. The number of hydrogen-bond donors (Lipinski definition) is 1. The molecule has 2 aliphatic heterocycles. The molecule has 0 saturated carbocycles. The quantitative estimate of drug-likeness (QED) is 0.520. The van der Waals surface area contributed by atoms with Gasteiger partial charge in [0.25, 0.3) is 5.69 Å². The van der Waals surface area contributed by atoms with Gasteiger partial charge in [-0.15, -0.1) is 0 Å². The van der Waals surface area contributed by atoms with E-state index in [0.717, 1.165) is 12.8 Å². The summed E-state index contributed by atoms with van der Waals surface area (Å²) in [5.41, 5.74) is 0.165. The zero-order valence-electron chi connectivity index (χ0n) is 12.3. The Morgan fingerprint density at radius 1 is 1.17 bits per heavy atom. The largest absolute Gasteiger partial charge is 0.465 e. The lowest BCUT2D eigenvalue weighted by atomic mass is 10.00. The summed E-state index contributed by atoms with van der Waals surface area (Å²) in [6.45, 7) is 0. The zero-order chi connectivity index (χ0) is 16.6. The number of amides is 1. The van der Waals surface area contributed by atoms with Crippen molar-refractivity contribution in [2.45, 2.75) is 43.9 Å². The monoisotopic (exact) mass is 320 g/mol. The second kappa shape index (κ2) is 5.86. The fourth-order valence-corrected chi connectivity index (χ4v) is 3.47. The Morgan fingerprint density at radius 3 is 2.22 bits per heavy atom. The minimum absolute atomic E-state index is 0.0886. The van der Waals surface area contributed by atoms with Crippen molar-refractivity contribution < 1.29 is 24.4 Å². The smallest absolute Gasteiger partial charge is 0.407 e. The first-order valence-corrected chi connectivity index (χ1v) is 7.42. The molecule has 3 atom stereocenters. The number of nitrogens with zero attached hydrogens (tertiary/aromatic N) is 2. The molecule has 122 valence electrons. The molecule has 0 aliphatic carbocycles. The van der Waals surface area contributed by atoms with Gasteiger partial charge in [0.2, 0.25) is 0 Å². The molecule has 2 fully saturated rings. The number of rotatable bonds is 3. The molecule has 0 radical (unpaired) electrons. The van der Waals surface area contributed by atoms with Crippen molar-refractivity contribution in [2.24, 2.45) is 0 Å². The van der Waals surface area contributed by atoms with E-state index in [9.17, 15) is 24.8 Å². The highest BCUT2D eigenvalue weighted by atomic mass is 16.6. The molecule has 0 aromatic heterocycles. The van der Waals surface area contributed by atoms with Gasteiger partial charge in [0.05, 0.1) is 10.5 Å². The molecule has 2 aliphatic rings. The van der Waals surface area contributed by atoms with E-state index in [4.69, 9.17) is 4.74 Å². The van der Waals surface area contributed by atoms with E-state index in [1.807, 2.05) is 0 Å². The van der Waals surface area contributed by atoms with E-state index in [-0.39, 0.29) is 29.4 Å². The van der Waals surface area contributed by atoms with Crippen molar-refractivity contribution in [1.82, 2.24) is 4.90 Å². The molecule has 0 spiro atoms. The Kier molecular flexibility index (Phi) is 3.89. The van der Waals surface area contributed by atoms with Gasteiger partial charge in [-0.05, 0) is 25.0 Å². The highest BCUT2D eigenvalue weighted by molar-refractivity contribution is 5.89. The van der Waals surface area contributed by atoms with Crippen molar-refractivity contribution in [3.8, 4) is 0 Å². The van der Waals surface area contributed by atoms with Crippen LogP contribution >= 0.6 is 0 Å². The van der Waals surface area contributed by atoms with Gasteiger partial charge in [-0.2, -0.15) is 0 Å². The lowest BCUT2D eigenvalue weighted by Crippen LogP contribution is -2.48. The fourth-order valence-electron chi connectivity index (χ4n) is 3.47. The summed E-state index contributed by atoms with van der Waals surface area (Å²) in [6.07, 6.45) is 1.36. The Bertz CT molecular complexity index is 630. The summed E-state index contributed by atoms with van der Waals surface area (Å²) >= 11 is 0. The maximum absolute atomic E-state index is 12.1. The van der Waals surface area contributed by atoms with Gasteiger partial charge in [-0.3, -0.25) is 10.1 Å². The van der Waals surface area contributed by atoms with Crippen LogP contribution in [0, 0.1) is 10.1 Å². The number of carboxylic acid groups (broad SMARTS) is 1. The van der Waals surface area contributed by atoms with Gasteiger partial charge in [-0.25, -0.2) is 9.59 Å². The van der Waals surface area contributed by atoms with Crippen LogP contribution in [0.5, 0.6) is 0 Å². The van der Waals surface area contributed by atoms with Gasteiger partial charge in [0, 0.05) is 37.1 Å². The molecule has 23 heavy (non-hydrogen) atoms. The lowest BCUT2D eigenvalue weighted by Gasteiger charge is -2.36. The highest BCUT2D eigenvalue weighted by Crippen LogP contribution is 2.37. The third-order valence-corrected chi connectivity index (χ3v) is 4.50. The van der Waals surface area contributed by atoms with Gasteiger partial charge in [-0.1, -0.05) is 0 Å². The Hall–Kier alpha value is -2.64. The SMILES string of the molecule is O=C(O[C@@H]1C[C@H]2CC[C@@H](C1)N2C(=O)O)c1ccc([N+](=O)[O-])cc1. The first kappa shape index (κ1) is 15.3. The standard InChI is InChI=1S/C15H16N2O6/c18-14(9-1-3-10(4-2-9)17(21)22)23-13-7-11-5-6-12(8-13)16(11)15(19)20/h1-4,11-13H,5-8H2,(H,19,20)/t11-,12+,13-. The van der Waals surface area contributed by atoms with Crippen LogP contribution in [0.3, 0.4) is 0 Å². The van der Waals surface area contributed by atoms with Gasteiger partial charge in [0.1, 0.15) is 6.10 Å². The minimum atomic E-state index is -0.919. The van der Waals surface area contributed by atoms with Crippen molar-refractivity contribution in [3.05, 3.63) is 39.9 Å². The van der Waals surface area contributed by atoms with E-state index in [1.165, 1.54) is 29.2 Å².